The minimum absolute atomic E-state index is 0.0281. The van der Waals surface area contributed by atoms with E-state index in [0.717, 1.165) is 11.1 Å². The molecule has 6 heteroatoms. The summed E-state index contributed by atoms with van der Waals surface area (Å²) in [6.45, 7) is 2.79. The van der Waals surface area contributed by atoms with Gasteiger partial charge in [-0.25, -0.2) is 4.39 Å². The number of halogens is 1. The van der Waals surface area contributed by atoms with Crippen LogP contribution in [0, 0.1) is 24.1 Å². The molecule has 0 fully saturated rings. The Hall–Kier alpha value is -4.89. The molecular weight excluding hydrogens is 467 g/mol. The molecule has 184 valence electrons. The second-order valence-corrected chi connectivity index (χ2v) is 8.41. The summed E-state index contributed by atoms with van der Waals surface area (Å²) in [5.74, 6) is 0.495. The van der Waals surface area contributed by atoms with Crippen molar-refractivity contribution in [3.05, 3.63) is 131 Å². The SMILES string of the molecule is Cc1ccc(COc2ccc(NC(=O)/C(C#N)=C/c3ccc(OCc4ccc(F)cc4)cc3)cc2)cc1. The summed E-state index contributed by atoms with van der Waals surface area (Å²) in [5, 5.41) is 12.2. The van der Waals surface area contributed by atoms with Crippen molar-refractivity contribution in [2.24, 2.45) is 0 Å². The molecule has 0 aliphatic heterocycles. The third-order valence-corrected chi connectivity index (χ3v) is 5.51. The van der Waals surface area contributed by atoms with E-state index in [1.807, 2.05) is 37.3 Å². The number of ether oxygens (including phenoxy) is 2. The van der Waals surface area contributed by atoms with E-state index in [-0.39, 0.29) is 11.4 Å². The molecule has 37 heavy (non-hydrogen) atoms. The maximum atomic E-state index is 13.0. The normalized spacial score (nSPS) is 10.9. The summed E-state index contributed by atoms with van der Waals surface area (Å²) in [6.07, 6.45) is 1.51. The van der Waals surface area contributed by atoms with Crippen LogP contribution in [0.1, 0.15) is 22.3 Å². The molecule has 4 aromatic carbocycles. The van der Waals surface area contributed by atoms with Gasteiger partial charge >= 0.3 is 0 Å². The topological polar surface area (TPSA) is 71.3 Å². The highest BCUT2D eigenvalue weighted by Gasteiger charge is 2.10. The van der Waals surface area contributed by atoms with Crippen molar-refractivity contribution in [1.29, 1.82) is 5.26 Å². The third-order valence-electron chi connectivity index (χ3n) is 5.51. The van der Waals surface area contributed by atoms with Crippen molar-refractivity contribution in [3.63, 3.8) is 0 Å². The van der Waals surface area contributed by atoms with Gasteiger partial charge < -0.3 is 14.8 Å². The zero-order valence-corrected chi connectivity index (χ0v) is 20.3. The predicted octanol–water partition coefficient (Wildman–Crippen LogP) is 6.84. The summed E-state index contributed by atoms with van der Waals surface area (Å²) in [5.41, 5.74) is 4.32. The van der Waals surface area contributed by atoms with Crippen molar-refractivity contribution in [3.8, 4) is 17.6 Å². The van der Waals surface area contributed by atoms with Gasteiger partial charge in [0.2, 0.25) is 0 Å². The van der Waals surface area contributed by atoms with Crippen LogP contribution in [0.4, 0.5) is 10.1 Å². The van der Waals surface area contributed by atoms with Gasteiger partial charge in [-0.1, -0.05) is 54.1 Å². The van der Waals surface area contributed by atoms with Crippen LogP contribution in [0.15, 0.2) is 103 Å². The smallest absolute Gasteiger partial charge is 0.266 e. The molecule has 4 rings (SSSR count). The van der Waals surface area contributed by atoms with Gasteiger partial charge in [-0.3, -0.25) is 4.79 Å². The van der Waals surface area contributed by atoms with E-state index in [1.165, 1.54) is 23.8 Å². The van der Waals surface area contributed by atoms with E-state index in [4.69, 9.17) is 9.47 Å². The first kappa shape index (κ1) is 25.2. The number of nitrogens with zero attached hydrogens (tertiary/aromatic N) is 1. The van der Waals surface area contributed by atoms with Crippen molar-refractivity contribution in [1.82, 2.24) is 0 Å². The highest BCUT2D eigenvalue weighted by Crippen LogP contribution is 2.20. The molecule has 0 saturated heterocycles. The van der Waals surface area contributed by atoms with E-state index >= 15 is 0 Å². The van der Waals surface area contributed by atoms with Crippen molar-refractivity contribution in [2.75, 3.05) is 5.32 Å². The first-order valence-electron chi connectivity index (χ1n) is 11.7. The molecule has 0 spiro atoms. The molecule has 1 amide bonds. The van der Waals surface area contributed by atoms with Gasteiger partial charge in [-0.05, 0) is 78.2 Å². The Morgan fingerprint density at radius 2 is 1.32 bits per heavy atom. The number of amides is 1. The number of hydrogen-bond acceptors (Lipinski definition) is 4. The summed E-state index contributed by atoms with van der Waals surface area (Å²) >= 11 is 0. The second-order valence-electron chi connectivity index (χ2n) is 8.41. The highest BCUT2D eigenvalue weighted by molar-refractivity contribution is 6.09. The molecule has 0 unspecified atom stereocenters. The Labute approximate surface area is 215 Å². The van der Waals surface area contributed by atoms with Crippen molar-refractivity contribution < 1.29 is 18.7 Å². The minimum atomic E-state index is -0.507. The molecular formula is C31H25FN2O3. The average Bonchev–Trinajstić information content (AvgIpc) is 2.92. The summed E-state index contributed by atoms with van der Waals surface area (Å²) < 4.78 is 24.5. The number of aryl methyl sites for hydroxylation is 1. The Bertz CT molecular complexity index is 1400. The zero-order chi connectivity index (χ0) is 26.0. The fraction of sp³-hybridized carbons (Fsp3) is 0.0968. The van der Waals surface area contributed by atoms with Gasteiger partial charge in [0.15, 0.2) is 0 Å². The lowest BCUT2D eigenvalue weighted by molar-refractivity contribution is -0.112. The van der Waals surface area contributed by atoms with Gasteiger partial charge in [0.1, 0.15) is 42.2 Å². The van der Waals surface area contributed by atoms with Gasteiger partial charge in [0.25, 0.3) is 5.91 Å². The third kappa shape index (κ3) is 7.55. The summed E-state index contributed by atoms with van der Waals surface area (Å²) in [4.78, 5) is 12.6. The van der Waals surface area contributed by atoms with Crippen LogP contribution >= 0.6 is 0 Å². The Balaban J connectivity index is 1.31. The van der Waals surface area contributed by atoms with Gasteiger partial charge in [-0.2, -0.15) is 5.26 Å². The second kappa shape index (κ2) is 12.2. The van der Waals surface area contributed by atoms with Crippen molar-refractivity contribution in [2.45, 2.75) is 20.1 Å². The first-order chi connectivity index (χ1) is 18.0. The molecule has 0 radical (unpaired) electrons. The fourth-order valence-electron chi connectivity index (χ4n) is 3.41. The summed E-state index contributed by atoms with van der Waals surface area (Å²) in [6, 6.07) is 30.2. The van der Waals surface area contributed by atoms with Gasteiger partial charge in [-0.15, -0.1) is 0 Å². The minimum Gasteiger partial charge on any atom is -0.489 e. The zero-order valence-electron chi connectivity index (χ0n) is 20.3. The van der Waals surface area contributed by atoms with E-state index in [2.05, 4.69) is 5.32 Å². The van der Waals surface area contributed by atoms with E-state index < -0.39 is 5.91 Å². The number of nitriles is 1. The number of nitrogens with one attached hydrogen (secondary N) is 1. The summed E-state index contributed by atoms with van der Waals surface area (Å²) in [7, 11) is 0. The van der Waals surface area contributed by atoms with Gasteiger partial charge in [0, 0.05) is 5.69 Å². The van der Waals surface area contributed by atoms with E-state index in [0.29, 0.717) is 36.0 Å². The van der Waals surface area contributed by atoms with E-state index in [9.17, 15) is 14.4 Å². The largest absolute Gasteiger partial charge is 0.489 e. The fourth-order valence-corrected chi connectivity index (χ4v) is 3.41. The van der Waals surface area contributed by atoms with Crippen molar-refractivity contribution >= 4 is 17.7 Å². The van der Waals surface area contributed by atoms with Crippen LogP contribution in [0.3, 0.4) is 0 Å². The number of anilines is 1. The molecule has 0 heterocycles. The average molecular weight is 493 g/mol. The molecule has 1 N–H and O–H groups in total. The lowest BCUT2D eigenvalue weighted by atomic mass is 10.1. The number of rotatable bonds is 9. The number of benzene rings is 4. The Morgan fingerprint density at radius 3 is 1.86 bits per heavy atom. The van der Waals surface area contributed by atoms with Crippen LogP contribution in [0.2, 0.25) is 0 Å². The maximum absolute atomic E-state index is 13.0. The molecule has 0 aromatic heterocycles. The highest BCUT2D eigenvalue weighted by atomic mass is 19.1. The standard InChI is InChI=1S/C31H25FN2O3/c1-22-2-4-24(5-3-22)20-37-30-16-12-28(13-17-30)34-31(35)26(19-33)18-23-8-14-29(15-9-23)36-21-25-6-10-27(32)11-7-25/h2-18H,20-21H2,1H3,(H,34,35)/b26-18+. The van der Waals surface area contributed by atoms with E-state index in [1.54, 1.807) is 60.7 Å². The van der Waals surface area contributed by atoms with Crippen LogP contribution in [0.25, 0.3) is 6.08 Å². The molecule has 0 atom stereocenters. The molecule has 0 saturated carbocycles. The van der Waals surface area contributed by atoms with Crippen LogP contribution in [-0.4, -0.2) is 5.91 Å². The Morgan fingerprint density at radius 1 is 0.811 bits per heavy atom. The maximum Gasteiger partial charge on any atom is 0.266 e. The Kier molecular flexibility index (Phi) is 8.30. The molecule has 0 aliphatic carbocycles. The number of carbonyl (C=O) groups excluding carboxylic acids is 1. The lowest BCUT2D eigenvalue weighted by Gasteiger charge is -2.09. The predicted molar refractivity (Wildman–Crippen MR) is 141 cm³/mol. The molecule has 5 nitrogen and oxygen atoms in total. The first-order valence-corrected chi connectivity index (χ1v) is 11.7. The van der Waals surface area contributed by atoms with Crippen LogP contribution in [0.5, 0.6) is 11.5 Å². The molecule has 0 aliphatic rings. The number of hydrogen-bond donors (Lipinski definition) is 1. The van der Waals surface area contributed by atoms with Crippen LogP contribution in [-0.2, 0) is 18.0 Å². The number of carbonyl (C=O) groups is 1. The van der Waals surface area contributed by atoms with Crippen LogP contribution < -0.4 is 14.8 Å². The monoisotopic (exact) mass is 492 g/mol. The quantitative estimate of drug-likeness (QED) is 0.205. The molecule has 4 aromatic rings. The molecule has 0 bridgehead atoms. The van der Waals surface area contributed by atoms with Gasteiger partial charge in [0.05, 0.1) is 0 Å². The lowest BCUT2D eigenvalue weighted by Crippen LogP contribution is -2.13.